The van der Waals surface area contributed by atoms with Crippen LogP contribution in [0.5, 0.6) is 5.75 Å². The Morgan fingerprint density at radius 3 is 2.56 bits per heavy atom. The minimum Gasteiger partial charge on any atom is -0.491 e. The lowest BCUT2D eigenvalue weighted by Gasteiger charge is -2.13. The number of nitrogens with two attached hydrogens (primary N) is 1. The number of benzene rings is 1. The van der Waals surface area contributed by atoms with Crippen molar-refractivity contribution in [3.05, 3.63) is 29.3 Å². The van der Waals surface area contributed by atoms with E-state index in [1.807, 2.05) is 6.92 Å². The Labute approximate surface area is 94.4 Å². The van der Waals surface area contributed by atoms with E-state index >= 15 is 0 Å². The number of ether oxygens (including phenoxy) is 1. The summed E-state index contributed by atoms with van der Waals surface area (Å²) in [5, 5.41) is 0. The van der Waals surface area contributed by atoms with Crippen LogP contribution in [0.25, 0.3) is 0 Å². The average molecular weight is 229 g/mol. The first-order valence-corrected chi connectivity index (χ1v) is 5.42. The molecule has 90 valence electrons. The van der Waals surface area contributed by atoms with Gasteiger partial charge in [0.1, 0.15) is 0 Å². The van der Waals surface area contributed by atoms with Crippen LogP contribution in [0.3, 0.4) is 0 Å². The lowest BCUT2D eigenvalue weighted by Crippen LogP contribution is -2.08. The fourth-order valence-electron chi connectivity index (χ4n) is 1.60. The summed E-state index contributed by atoms with van der Waals surface area (Å²) in [5.41, 5.74) is 5.74. The summed E-state index contributed by atoms with van der Waals surface area (Å²) in [6.45, 7) is 4.32. The fourth-order valence-corrected chi connectivity index (χ4v) is 1.60. The summed E-state index contributed by atoms with van der Waals surface area (Å²) in [5.74, 6) is -1.87. The monoisotopic (exact) mass is 229 g/mol. The fraction of sp³-hybridized carbons (Fsp3) is 0.500. The van der Waals surface area contributed by atoms with Crippen LogP contribution in [-0.2, 0) is 0 Å². The van der Waals surface area contributed by atoms with E-state index in [0.717, 1.165) is 0 Å². The molecule has 0 aliphatic carbocycles. The van der Waals surface area contributed by atoms with Crippen molar-refractivity contribution in [2.45, 2.75) is 26.2 Å². The Morgan fingerprint density at radius 1 is 1.31 bits per heavy atom. The molecule has 1 atom stereocenters. The third-order valence-electron chi connectivity index (χ3n) is 2.51. The maximum atomic E-state index is 13.7. The first-order chi connectivity index (χ1) is 7.61. The zero-order valence-electron chi connectivity index (χ0n) is 9.59. The standard InChI is InChI=1S/C12H17F2NO/c1-3-16-10-5-4-9(8(2)6-7-15)11(13)12(10)14/h4-5,8H,3,6-7,15H2,1-2H3. The summed E-state index contributed by atoms with van der Waals surface area (Å²) in [4.78, 5) is 0. The molecule has 1 unspecified atom stereocenters. The van der Waals surface area contributed by atoms with Crippen LogP contribution in [0.1, 0.15) is 31.7 Å². The van der Waals surface area contributed by atoms with E-state index in [4.69, 9.17) is 10.5 Å². The predicted octanol–water partition coefficient (Wildman–Crippen LogP) is 2.82. The Hall–Kier alpha value is -1.16. The van der Waals surface area contributed by atoms with Crippen LogP contribution < -0.4 is 10.5 Å². The Kier molecular flexibility index (Phi) is 4.68. The van der Waals surface area contributed by atoms with E-state index < -0.39 is 11.6 Å². The van der Waals surface area contributed by atoms with Crippen LogP contribution in [0.15, 0.2) is 12.1 Å². The van der Waals surface area contributed by atoms with Gasteiger partial charge in [0.15, 0.2) is 11.6 Å². The second-order valence-electron chi connectivity index (χ2n) is 3.69. The van der Waals surface area contributed by atoms with Crippen LogP contribution >= 0.6 is 0 Å². The van der Waals surface area contributed by atoms with Gasteiger partial charge in [-0.25, -0.2) is 4.39 Å². The highest BCUT2D eigenvalue weighted by Crippen LogP contribution is 2.28. The van der Waals surface area contributed by atoms with Crippen molar-refractivity contribution >= 4 is 0 Å². The maximum absolute atomic E-state index is 13.7. The molecule has 0 radical (unpaired) electrons. The summed E-state index contributed by atoms with van der Waals surface area (Å²) in [6, 6.07) is 3.02. The highest BCUT2D eigenvalue weighted by Gasteiger charge is 2.17. The summed E-state index contributed by atoms with van der Waals surface area (Å²) in [6.07, 6.45) is 0.629. The first kappa shape index (κ1) is 12.9. The van der Waals surface area contributed by atoms with E-state index in [0.29, 0.717) is 25.1 Å². The zero-order valence-corrected chi connectivity index (χ0v) is 9.59. The molecule has 4 heteroatoms. The SMILES string of the molecule is CCOc1ccc(C(C)CCN)c(F)c1F. The van der Waals surface area contributed by atoms with Crippen molar-refractivity contribution in [2.24, 2.45) is 5.73 Å². The second-order valence-corrected chi connectivity index (χ2v) is 3.69. The number of hydrogen-bond acceptors (Lipinski definition) is 2. The maximum Gasteiger partial charge on any atom is 0.200 e. The number of halogens is 2. The van der Waals surface area contributed by atoms with Gasteiger partial charge in [0.05, 0.1) is 6.61 Å². The summed E-state index contributed by atoms with van der Waals surface area (Å²) >= 11 is 0. The van der Waals surface area contributed by atoms with E-state index in [1.54, 1.807) is 13.0 Å². The third-order valence-corrected chi connectivity index (χ3v) is 2.51. The van der Waals surface area contributed by atoms with Crippen molar-refractivity contribution in [2.75, 3.05) is 13.2 Å². The van der Waals surface area contributed by atoms with Gasteiger partial charge in [-0.1, -0.05) is 13.0 Å². The molecule has 0 aliphatic heterocycles. The van der Waals surface area contributed by atoms with Gasteiger partial charge >= 0.3 is 0 Å². The molecule has 1 aromatic carbocycles. The van der Waals surface area contributed by atoms with Crippen LogP contribution in [-0.4, -0.2) is 13.2 Å². The predicted molar refractivity (Wildman–Crippen MR) is 59.6 cm³/mol. The topological polar surface area (TPSA) is 35.2 Å². The quantitative estimate of drug-likeness (QED) is 0.842. The molecule has 0 spiro atoms. The van der Waals surface area contributed by atoms with Gasteiger partial charge in [-0.3, -0.25) is 0 Å². The Bertz CT molecular complexity index is 355. The van der Waals surface area contributed by atoms with Crippen molar-refractivity contribution in [3.8, 4) is 5.75 Å². The van der Waals surface area contributed by atoms with E-state index in [1.165, 1.54) is 6.07 Å². The van der Waals surface area contributed by atoms with Gasteiger partial charge in [0, 0.05) is 0 Å². The van der Waals surface area contributed by atoms with Crippen molar-refractivity contribution in [3.63, 3.8) is 0 Å². The van der Waals surface area contributed by atoms with Gasteiger partial charge in [-0.15, -0.1) is 0 Å². The lowest BCUT2D eigenvalue weighted by molar-refractivity contribution is 0.312. The molecule has 1 aromatic rings. The van der Waals surface area contributed by atoms with Crippen LogP contribution in [0.4, 0.5) is 8.78 Å². The van der Waals surface area contributed by atoms with E-state index in [9.17, 15) is 8.78 Å². The van der Waals surface area contributed by atoms with Gasteiger partial charge in [-0.05, 0) is 37.4 Å². The van der Waals surface area contributed by atoms with Gasteiger partial charge in [0.25, 0.3) is 0 Å². The third kappa shape index (κ3) is 2.70. The molecule has 0 saturated heterocycles. The lowest BCUT2D eigenvalue weighted by atomic mass is 9.97. The van der Waals surface area contributed by atoms with Gasteiger partial charge < -0.3 is 10.5 Å². The van der Waals surface area contributed by atoms with E-state index in [2.05, 4.69) is 0 Å². The molecular weight excluding hydrogens is 212 g/mol. The minimum absolute atomic E-state index is 0.0382. The highest BCUT2D eigenvalue weighted by molar-refractivity contribution is 5.32. The molecule has 2 N–H and O–H groups in total. The first-order valence-electron chi connectivity index (χ1n) is 5.42. The van der Waals surface area contributed by atoms with Gasteiger partial charge in [0.2, 0.25) is 5.82 Å². The van der Waals surface area contributed by atoms with Crippen molar-refractivity contribution in [1.29, 1.82) is 0 Å². The molecule has 0 saturated carbocycles. The van der Waals surface area contributed by atoms with Crippen LogP contribution in [0.2, 0.25) is 0 Å². The van der Waals surface area contributed by atoms with E-state index in [-0.39, 0.29) is 11.7 Å². The number of hydrogen-bond donors (Lipinski definition) is 1. The molecule has 0 bridgehead atoms. The van der Waals surface area contributed by atoms with Crippen LogP contribution in [0, 0.1) is 11.6 Å². The molecule has 16 heavy (non-hydrogen) atoms. The smallest absolute Gasteiger partial charge is 0.200 e. The summed E-state index contributed by atoms with van der Waals surface area (Å²) in [7, 11) is 0. The molecule has 0 heterocycles. The minimum atomic E-state index is -0.914. The number of rotatable bonds is 5. The summed E-state index contributed by atoms with van der Waals surface area (Å²) < 4.78 is 32.2. The normalized spacial score (nSPS) is 12.6. The molecule has 2 nitrogen and oxygen atoms in total. The van der Waals surface area contributed by atoms with Gasteiger partial charge in [-0.2, -0.15) is 4.39 Å². The highest BCUT2D eigenvalue weighted by atomic mass is 19.2. The second kappa shape index (κ2) is 5.80. The molecular formula is C12H17F2NO. The molecule has 1 rings (SSSR count). The molecule has 0 aliphatic rings. The van der Waals surface area contributed by atoms with Crippen molar-refractivity contribution in [1.82, 2.24) is 0 Å². The zero-order chi connectivity index (χ0) is 12.1. The molecule has 0 amide bonds. The largest absolute Gasteiger partial charge is 0.491 e. The Morgan fingerprint density at radius 2 is 2.00 bits per heavy atom. The molecule has 0 aromatic heterocycles. The Balaban J connectivity index is 3.01. The van der Waals surface area contributed by atoms with Crippen molar-refractivity contribution < 1.29 is 13.5 Å². The average Bonchev–Trinajstić information content (AvgIpc) is 2.25. The molecule has 0 fully saturated rings.